The van der Waals surface area contributed by atoms with Gasteiger partial charge in [-0.3, -0.25) is 19.7 Å². The molecule has 0 saturated carbocycles. The number of imide groups is 1. The number of aryl methyl sites for hydroxylation is 1. The summed E-state index contributed by atoms with van der Waals surface area (Å²) >= 11 is 1.60. The summed E-state index contributed by atoms with van der Waals surface area (Å²) in [5.41, 5.74) is 9.52. The van der Waals surface area contributed by atoms with Gasteiger partial charge < -0.3 is 26.5 Å². The molecule has 326 valence electrons. The number of fused-ring (bicyclic) bond motifs is 1. The first-order valence-corrected chi connectivity index (χ1v) is 21.5. The van der Waals surface area contributed by atoms with Crippen LogP contribution in [0.25, 0.3) is 16.5 Å². The van der Waals surface area contributed by atoms with E-state index in [1.54, 1.807) is 22.9 Å². The van der Waals surface area contributed by atoms with Gasteiger partial charge in [-0.05, 0) is 120 Å². The molecule has 2 aromatic heterocycles. The lowest BCUT2D eigenvalue weighted by Crippen LogP contribution is -2.49. The van der Waals surface area contributed by atoms with Crippen LogP contribution in [0.3, 0.4) is 0 Å². The van der Waals surface area contributed by atoms with Gasteiger partial charge in [-0.1, -0.05) is 13.0 Å². The average Bonchev–Trinajstić information content (AvgIpc) is 3.54. The molecule has 3 saturated heterocycles. The third kappa shape index (κ3) is 11.0. The monoisotopic (exact) mass is 855 g/mol. The highest BCUT2D eigenvalue weighted by Crippen LogP contribution is 2.36. The fraction of sp³-hybridized carbons (Fsp3) is 0.465. The number of ether oxygens (including phenoxy) is 1. The third-order valence-corrected chi connectivity index (χ3v) is 11.9. The molecule has 61 heavy (non-hydrogen) atoms. The zero-order valence-electron chi connectivity index (χ0n) is 35.9. The smallest absolute Gasteiger partial charge is 0.329 e. The lowest BCUT2D eigenvalue weighted by molar-refractivity contribution is -0.120. The Morgan fingerprint density at radius 3 is 2.69 bits per heavy atom. The van der Waals surface area contributed by atoms with E-state index in [0.29, 0.717) is 58.8 Å². The van der Waals surface area contributed by atoms with Gasteiger partial charge >= 0.3 is 6.03 Å². The minimum atomic E-state index is -0.398. The topological polar surface area (TPSA) is 196 Å². The first-order valence-electron chi connectivity index (χ1n) is 20.7. The van der Waals surface area contributed by atoms with E-state index in [1.165, 1.54) is 41.7 Å². The summed E-state index contributed by atoms with van der Waals surface area (Å²) in [5, 5.41) is 26.0. The van der Waals surface area contributed by atoms with Crippen LogP contribution in [0.15, 0.2) is 63.9 Å². The number of benzene rings is 2. The van der Waals surface area contributed by atoms with Crippen LogP contribution >= 0.6 is 11.9 Å². The molecule has 0 radical (unpaired) electrons. The summed E-state index contributed by atoms with van der Waals surface area (Å²) in [6, 6.07) is 11.2. The number of hydrogen-bond donors (Lipinski definition) is 5. The summed E-state index contributed by atoms with van der Waals surface area (Å²) in [6.45, 7) is 17.5. The van der Waals surface area contributed by atoms with Crippen molar-refractivity contribution in [2.45, 2.75) is 89.2 Å². The van der Waals surface area contributed by atoms with E-state index in [1.807, 2.05) is 31.6 Å². The Morgan fingerprint density at radius 2 is 2.02 bits per heavy atom. The number of amides is 3. The Balaban J connectivity index is 0.000000212. The van der Waals surface area contributed by atoms with Crippen molar-refractivity contribution in [2.75, 3.05) is 43.1 Å². The van der Waals surface area contributed by atoms with Gasteiger partial charge in [0.25, 0.3) is 0 Å². The van der Waals surface area contributed by atoms with E-state index in [-0.39, 0.29) is 30.0 Å². The number of nitrogens with one attached hydrogen (secondary N) is 4. The molecule has 0 spiro atoms. The number of carbonyl (C=O) groups is 2. The second kappa shape index (κ2) is 19.9. The van der Waals surface area contributed by atoms with Crippen LogP contribution < -0.4 is 36.8 Å². The van der Waals surface area contributed by atoms with Crippen LogP contribution in [-0.4, -0.2) is 93.1 Å². The van der Waals surface area contributed by atoms with Crippen LogP contribution in [-0.2, 0) is 11.8 Å². The molecule has 3 fully saturated rings. The maximum absolute atomic E-state index is 14.8. The molecular weight excluding hydrogens is 798 g/mol. The molecular formula is C43H58FN13O3S. The van der Waals surface area contributed by atoms with Crippen molar-refractivity contribution in [3.8, 4) is 5.75 Å². The number of nitrogens with two attached hydrogens (primary N) is 1. The molecule has 18 heteroatoms. The summed E-state index contributed by atoms with van der Waals surface area (Å²) in [5.74, 6) is 1.51. The molecule has 3 aliphatic rings. The number of piperidine rings is 2. The number of hydrogen-bond acceptors (Lipinski definition) is 13. The summed E-state index contributed by atoms with van der Waals surface area (Å²) in [4.78, 5) is 34.8. The molecule has 0 aliphatic carbocycles. The SMILES string of the molecule is C=Nn1cnc(/C(C=N)=C/N)c(OC(C)C)/c1=N/CNc1ccc(SN2CCC[C@@H](C)C2)cc1F.Cn1nc(N2CCC(=O)NC2=O)c2ccc(C3CCNC(C)(C)C3)cc21. The quantitative estimate of drug-likeness (QED) is 0.0809. The van der Waals surface area contributed by atoms with Gasteiger partial charge in [-0.25, -0.2) is 28.1 Å². The van der Waals surface area contributed by atoms with Crippen molar-refractivity contribution in [3.63, 3.8) is 0 Å². The van der Waals surface area contributed by atoms with E-state index in [9.17, 15) is 14.0 Å². The molecule has 6 N–H and O–H groups in total. The van der Waals surface area contributed by atoms with E-state index >= 15 is 0 Å². The normalized spacial score (nSPS) is 20.0. The van der Waals surface area contributed by atoms with Crippen molar-refractivity contribution < 1.29 is 18.7 Å². The van der Waals surface area contributed by atoms with Gasteiger partial charge in [0, 0.05) is 73.6 Å². The number of rotatable bonds is 12. The van der Waals surface area contributed by atoms with Crippen LogP contribution in [0.1, 0.15) is 83.9 Å². The zero-order valence-corrected chi connectivity index (χ0v) is 36.7. The number of allylic oxidation sites excluding steroid dienone is 1. The van der Waals surface area contributed by atoms with Gasteiger partial charge in [-0.2, -0.15) is 10.2 Å². The number of urea groups is 1. The molecule has 2 aromatic carbocycles. The minimum Gasteiger partial charge on any atom is -0.485 e. The molecule has 16 nitrogen and oxygen atoms in total. The lowest BCUT2D eigenvalue weighted by atomic mass is 9.80. The van der Waals surface area contributed by atoms with Crippen molar-refractivity contribution in [1.82, 2.24) is 34.4 Å². The highest BCUT2D eigenvalue weighted by Gasteiger charge is 2.31. The summed E-state index contributed by atoms with van der Waals surface area (Å²) in [7, 11) is 1.90. The van der Waals surface area contributed by atoms with E-state index < -0.39 is 6.03 Å². The minimum absolute atomic E-state index is 0.0484. The molecule has 5 heterocycles. The Hall–Kier alpha value is -5.59. The number of anilines is 2. The highest BCUT2D eigenvalue weighted by molar-refractivity contribution is 7.97. The highest BCUT2D eigenvalue weighted by atomic mass is 32.2. The van der Waals surface area contributed by atoms with Gasteiger partial charge in [-0.15, -0.1) is 0 Å². The molecule has 7 rings (SSSR count). The number of carbonyl (C=O) groups excluding carboxylic acids is 2. The van der Waals surface area contributed by atoms with Gasteiger partial charge in [0.15, 0.2) is 17.1 Å². The Morgan fingerprint density at radius 1 is 1.21 bits per heavy atom. The third-order valence-electron chi connectivity index (χ3n) is 10.8. The second-order valence-electron chi connectivity index (χ2n) is 16.5. The van der Waals surface area contributed by atoms with Gasteiger partial charge in [0.2, 0.25) is 5.91 Å². The predicted octanol–water partition coefficient (Wildman–Crippen LogP) is 6.20. The first-order chi connectivity index (χ1) is 29.2. The zero-order chi connectivity index (χ0) is 43.8. The maximum Gasteiger partial charge on any atom is 0.329 e. The number of aromatic nitrogens is 4. The van der Waals surface area contributed by atoms with Gasteiger partial charge in [0.05, 0.1) is 17.3 Å². The van der Waals surface area contributed by atoms with Crippen molar-refractivity contribution in [3.05, 3.63) is 71.5 Å². The predicted molar refractivity (Wildman–Crippen MR) is 240 cm³/mol. The van der Waals surface area contributed by atoms with Crippen LogP contribution in [0.4, 0.5) is 20.7 Å². The lowest BCUT2D eigenvalue weighted by Gasteiger charge is -2.36. The van der Waals surface area contributed by atoms with E-state index in [4.69, 9.17) is 15.9 Å². The molecule has 4 aromatic rings. The Kier molecular flexibility index (Phi) is 14.6. The van der Waals surface area contributed by atoms with Crippen molar-refractivity contribution in [1.29, 1.82) is 5.41 Å². The standard InChI is InChI=1S/C24H33FN8OS.C19H25N5O2/c1-16(2)34-23-22(18(11-26)12-27)31-15-33(28-4)24(23)30-14-29-21-8-7-19(10-20(21)25)35-32-9-5-6-17(3)13-32;1-19(2)11-13(6-8-20-19)12-4-5-14-15(10-12)23(3)22-17(14)24-9-7-16(25)21-18(24)26/h7-8,10-12,15-17,26,29H,4-6,9,13-14,27H2,1-3H3;4-5,10,13,20H,6-9,11H2,1-3H3,(H,21,25,26)/b18-12+,26-11?,30-24-;/t17-;/m1./s1. The molecule has 3 amide bonds. The number of nitrogens with zero attached hydrogens (tertiary/aromatic N) is 8. The van der Waals surface area contributed by atoms with E-state index in [0.717, 1.165) is 54.5 Å². The summed E-state index contributed by atoms with van der Waals surface area (Å²) < 4.78 is 26.2. The fourth-order valence-corrected chi connectivity index (χ4v) is 8.97. The Bertz CT molecular complexity index is 2360. The molecule has 2 atom stereocenters. The molecule has 1 unspecified atom stereocenters. The summed E-state index contributed by atoms with van der Waals surface area (Å²) in [6.07, 6.45) is 8.50. The van der Waals surface area contributed by atoms with E-state index in [2.05, 4.69) is 86.1 Å². The van der Waals surface area contributed by atoms with Gasteiger partial charge in [0.1, 0.15) is 24.5 Å². The fourth-order valence-electron chi connectivity index (χ4n) is 7.84. The molecule has 0 bridgehead atoms. The second-order valence-corrected chi connectivity index (χ2v) is 17.7. The average molecular weight is 856 g/mol. The number of halogens is 1. The first kappa shape index (κ1) is 44.9. The maximum atomic E-state index is 14.8. The van der Waals surface area contributed by atoms with Crippen molar-refractivity contribution in [2.24, 2.45) is 28.8 Å². The van der Waals surface area contributed by atoms with Crippen LogP contribution in [0.5, 0.6) is 5.75 Å². The Labute approximate surface area is 360 Å². The largest absolute Gasteiger partial charge is 0.485 e. The van der Waals surface area contributed by atoms with Crippen LogP contribution in [0.2, 0.25) is 0 Å². The van der Waals surface area contributed by atoms with Crippen molar-refractivity contribution >= 4 is 64.8 Å². The van der Waals surface area contributed by atoms with Crippen LogP contribution in [0, 0.1) is 17.1 Å². The molecule has 3 aliphatic heterocycles.